The predicted molar refractivity (Wildman–Crippen MR) is 161 cm³/mol. The summed E-state index contributed by atoms with van der Waals surface area (Å²) in [7, 11) is 0. The highest BCUT2D eigenvalue weighted by Crippen LogP contribution is 2.65. The molecule has 2 aliphatic carbocycles. The Hall–Kier alpha value is -4.70. The minimum atomic E-state index is -1.59. The highest BCUT2D eigenvalue weighted by Gasteiger charge is 2.70. The molecule has 3 N–H and O–H groups in total. The van der Waals surface area contributed by atoms with Crippen LogP contribution in [0.25, 0.3) is 0 Å². The third kappa shape index (κ3) is 4.26. The van der Waals surface area contributed by atoms with Gasteiger partial charge in [0.15, 0.2) is 11.5 Å². The first kappa shape index (κ1) is 29.0. The van der Waals surface area contributed by atoms with Crippen molar-refractivity contribution in [3.05, 3.63) is 100 Å². The van der Waals surface area contributed by atoms with E-state index >= 15 is 4.79 Å². The largest absolute Gasteiger partial charge is 0.504 e. The molecule has 3 fully saturated rings. The number of amides is 4. The van der Waals surface area contributed by atoms with Crippen molar-refractivity contribution in [2.24, 2.45) is 23.7 Å². The van der Waals surface area contributed by atoms with E-state index in [4.69, 9.17) is 16.3 Å². The molecule has 4 amide bonds. The number of rotatable bonds is 6. The van der Waals surface area contributed by atoms with E-state index in [1.165, 1.54) is 24.3 Å². The summed E-state index contributed by atoms with van der Waals surface area (Å²) in [6.07, 6.45) is 2.26. The van der Waals surface area contributed by atoms with Crippen LogP contribution in [-0.2, 0) is 24.6 Å². The third-order valence-electron chi connectivity index (χ3n) is 9.74. The number of carbonyl (C=O) groups excluding carboxylic acids is 4. The van der Waals surface area contributed by atoms with Gasteiger partial charge in [0, 0.05) is 16.5 Å². The lowest BCUT2D eigenvalue weighted by Gasteiger charge is -2.50. The Morgan fingerprint density at radius 2 is 1.76 bits per heavy atom. The number of hydrazine groups is 1. The lowest BCUT2D eigenvalue weighted by molar-refractivity contribution is -0.138. The molecule has 2 heterocycles. The van der Waals surface area contributed by atoms with Crippen molar-refractivity contribution < 1.29 is 33.4 Å². The average molecular weight is 630 g/mol. The Bertz CT molecular complexity index is 1780. The van der Waals surface area contributed by atoms with Crippen molar-refractivity contribution in [1.29, 1.82) is 0 Å². The molecule has 0 bridgehead atoms. The molecule has 0 spiro atoms. The molecule has 3 aromatic rings. The Morgan fingerprint density at radius 3 is 2.47 bits per heavy atom. The summed E-state index contributed by atoms with van der Waals surface area (Å²) in [6.45, 7) is 2.06. The topological polar surface area (TPSA) is 125 Å². The van der Waals surface area contributed by atoms with Crippen LogP contribution in [0, 0.1) is 29.5 Å². The van der Waals surface area contributed by atoms with Crippen LogP contribution in [0.5, 0.6) is 11.5 Å². The molecule has 6 unspecified atom stereocenters. The lowest BCUT2D eigenvalue weighted by atomic mass is 9.49. The van der Waals surface area contributed by atoms with Crippen LogP contribution < -0.4 is 15.5 Å². The van der Waals surface area contributed by atoms with E-state index in [9.17, 15) is 23.9 Å². The van der Waals surface area contributed by atoms with Gasteiger partial charge < -0.3 is 9.84 Å². The van der Waals surface area contributed by atoms with Crippen LogP contribution in [0.3, 0.4) is 0 Å². The van der Waals surface area contributed by atoms with Crippen molar-refractivity contribution in [3.63, 3.8) is 0 Å². The second kappa shape index (κ2) is 10.7. The van der Waals surface area contributed by atoms with Gasteiger partial charge in [0.25, 0.3) is 11.8 Å². The number of halogens is 2. The highest BCUT2D eigenvalue weighted by atomic mass is 35.5. The minimum Gasteiger partial charge on any atom is -0.504 e. The average Bonchev–Trinajstić information content (AvgIpc) is 3.44. The van der Waals surface area contributed by atoms with E-state index in [1.807, 2.05) is 6.08 Å². The third-order valence-corrected chi connectivity index (χ3v) is 9.99. The van der Waals surface area contributed by atoms with Crippen molar-refractivity contribution >= 4 is 40.9 Å². The van der Waals surface area contributed by atoms with Crippen molar-refractivity contribution in [1.82, 2.24) is 10.3 Å². The molecule has 2 saturated heterocycles. The molecule has 230 valence electrons. The van der Waals surface area contributed by atoms with E-state index in [2.05, 4.69) is 10.7 Å². The number of fused-ring (bicyclic) bond motifs is 4. The maximum absolute atomic E-state index is 15.0. The maximum atomic E-state index is 15.0. The van der Waals surface area contributed by atoms with Crippen LogP contribution in [0.4, 0.5) is 10.1 Å². The number of phenolic OH excluding ortho intramolecular Hbond substituents is 1. The van der Waals surface area contributed by atoms with Crippen LogP contribution in [-0.4, -0.2) is 40.4 Å². The molecule has 45 heavy (non-hydrogen) atoms. The summed E-state index contributed by atoms with van der Waals surface area (Å²) in [4.78, 5) is 55.5. The first-order valence-electron chi connectivity index (χ1n) is 14.8. The van der Waals surface area contributed by atoms with Crippen LogP contribution >= 0.6 is 11.6 Å². The van der Waals surface area contributed by atoms with Gasteiger partial charge in [0.1, 0.15) is 5.82 Å². The number of phenols is 1. The Balaban J connectivity index is 1.49. The molecule has 0 radical (unpaired) electrons. The molecule has 2 aliphatic heterocycles. The zero-order valence-corrected chi connectivity index (χ0v) is 24.9. The summed E-state index contributed by atoms with van der Waals surface area (Å²) in [5, 5.41) is 15.5. The summed E-state index contributed by atoms with van der Waals surface area (Å²) in [6, 6.07) is 17.0. The van der Waals surface area contributed by atoms with E-state index < -0.39 is 58.5 Å². The fourth-order valence-electron chi connectivity index (χ4n) is 7.95. The fraction of sp³-hybridized carbons (Fsp3) is 0.294. The molecule has 7 rings (SSSR count). The minimum absolute atomic E-state index is 0.102. The number of hydrogen-bond acceptors (Lipinski definition) is 7. The number of ether oxygens (including phenoxy) is 1. The number of para-hydroxylation sites is 1. The van der Waals surface area contributed by atoms with Gasteiger partial charge in [0.2, 0.25) is 11.8 Å². The molecular weight excluding hydrogens is 601 g/mol. The fourth-order valence-corrected chi connectivity index (χ4v) is 8.08. The normalized spacial score (nSPS) is 28.6. The summed E-state index contributed by atoms with van der Waals surface area (Å²) >= 11 is 6.29. The number of nitrogens with zero attached hydrogens (tertiary/aromatic N) is 1. The maximum Gasteiger partial charge on any atom is 0.260 e. The molecular formula is C34H29ClFN3O6. The van der Waals surface area contributed by atoms with Gasteiger partial charge in [-0.25, -0.2) is 4.39 Å². The van der Waals surface area contributed by atoms with E-state index in [-0.39, 0.29) is 36.9 Å². The first-order chi connectivity index (χ1) is 21.7. The first-order valence-corrected chi connectivity index (χ1v) is 15.2. The smallest absolute Gasteiger partial charge is 0.260 e. The number of imide groups is 2. The summed E-state index contributed by atoms with van der Waals surface area (Å²) in [5.74, 6) is -6.19. The zero-order valence-electron chi connectivity index (χ0n) is 24.1. The van der Waals surface area contributed by atoms with Gasteiger partial charge in [-0.1, -0.05) is 47.5 Å². The molecule has 9 nitrogen and oxygen atoms in total. The number of nitrogens with one attached hydrogen (secondary N) is 2. The van der Waals surface area contributed by atoms with Crippen LogP contribution in [0.1, 0.15) is 36.8 Å². The standard InChI is InChI=1S/C34H29ClFN3O6/c1-2-45-26-5-3-4-23(29(26)40)28-21-14-15-22-27(31(42)37-30(22)41)24(21)16-25-32(43)39(38-20-12-10-19(36)11-13-20)33(44)34(25,28)17-6-8-18(35)9-7-17/h3-14,22,24-25,27-28,38,40H,2,15-16H2,1H3,(H,37,41,42). The highest BCUT2D eigenvalue weighted by molar-refractivity contribution is 6.30. The number of anilines is 1. The Morgan fingerprint density at radius 1 is 1.02 bits per heavy atom. The predicted octanol–water partition coefficient (Wildman–Crippen LogP) is 4.86. The van der Waals surface area contributed by atoms with E-state index in [0.29, 0.717) is 27.4 Å². The monoisotopic (exact) mass is 629 g/mol. The van der Waals surface area contributed by atoms with Crippen molar-refractivity contribution in [2.75, 3.05) is 12.0 Å². The zero-order chi connectivity index (χ0) is 31.6. The van der Waals surface area contributed by atoms with Gasteiger partial charge in [0.05, 0.1) is 35.5 Å². The second-order valence-electron chi connectivity index (χ2n) is 11.9. The van der Waals surface area contributed by atoms with Crippen LogP contribution in [0.2, 0.25) is 5.02 Å². The summed E-state index contributed by atoms with van der Waals surface area (Å²) in [5.41, 5.74) is 3.16. The Labute approximate surface area is 263 Å². The lowest BCUT2D eigenvalue weighted by Crippen LogP contribution is -2.53. The van der Waals surface area contributed by atoms with Crippen LogP contribution in [0.15, 0.2) is 78.4 Å². The number of carbonyl (C=O) groups is 4. The molecule has 6 atom stereocenters. The van der Waals surface area contributed by atoms with Gasteiger partial charge in [-0.15, -0.1) is 0 Å². The molecule has 1 saturated carbocycles. The molecule has 11 heteroatoms. The van der Waals surface area contributed by atoms with Crippen molar-refractivity contribution in [2.45, 2.75) is 31.1 Å². The Kier molecular flexibility index (Phi) is 6.92. The van der Waals surface area contributed by atoms with Crippen molar-refractivity contribution in [3.8, 4) is 11.5 Å². The van der Waals surface area contributed by atoms with Gasteiger partial charge in [-0.2, -0.15) is 5.01 Å². The molecule has 4 aliphatic rings. The van der Waals surface area contributed by atoms with Gasteiger partial charge >= 0.3 is 0 Å². The van der Waals surface area contributed by atoms with E-state index in [0.717, 1.165) is 5.01 Å². The van der Waals surface area contributed by atoms with Gasteiger partial charge in [-0.3, -0.25) is 29.9 Å². The number of aromatic hydroxyl groups is 1. The SMILES string of the molecule is CCOc1cccc(C2C3=CCC4C(=O)NC(=O)C4C3CC3C(=O)N(Nc4ccc(F)cc4)C(=O)C32c2ccc(Cl)cc2)c1O. The quantitative estimate of drug-likeness (QED) is 0.263. The number of hydrogen-bond donors (Lipinski definition) is 3. The molecule has 3 aromatic carbocycles. The van der Waals surface area contributed by atoms with Gasteiger partial charge in [-0.05, 0) is 73.7 Å². The summed E-state index contributed by atoms with van der Waals surface area (Å²) < 4.78 is 19.5. The molecule has 0 aromatic heterocycles. The second-order valence-corrected chi connectivity index (χ2v) is 12.3. The number of allylic oxidation sites excluding steroid dienone is 2. The van der Waals surface area contributed by atoms with E-state index in [1.54, 1.807) is 49.4 Å². The number of benzene rings is 3.